The minimum atomic E-state index is -0.249. The summed E-state index contributed by atoms with van der Waals surface area (Å²) in [6, 6.07) is 12.3. The van der Waals surface area contributed by atoms with E-state index in [4.69, 9.17) is 17.0 Å². The topological polar surface area (TPSA) is 57.7 Å². The largest absolute Gasteiger partial charge is 0.469 e. The second-order valence-corrected chi connectivity index (χ2v) is 9.35. The molecule has 0 bridgehead atoms. The highest BCUT2D eigenvalue weighted by Gasteiger charge is 2.40. The van der Waals surface area contributed by atoms with Gasteiger partial charge in [-0.05, 0) is 68.4 Å². The van der Waals surface area contributed by atoms with Crippen LogP contribution in [0.2, 0.25) is 0 Å². The highest BCUT2D eigenvalue weighted by atomic mass is 32.1. The minimum Gasteiger partial charge on any atom is -0.469 e. The number of hydrogen-bond donors (Lipinski definition) is 1. The monoisotopic (exact) mass is 450 g/mol. The van der Waals surface area contributed by atoms with Crippen LogP contribution in [-0.4, -0.2) is 47.2 Å². The van der Waals surface area contributed by atoms with Crippen LogP contribution in [0.3, 0.4) is 0 Å². The fourth-order valence-electron chi connectivity index (χ4n) is 4.68. The van der Waals surface area contributed by atoms with Gasteiger partial charge in [0.1, 0.15) is 0 Å². The van der Waals surface area contributed by atoms with Crippen molar-refractivity contribution in [1.82, 2.24) is 15.2 Å². The molecule has 32 heavy (non-hydrogen) atoms. The van der Waals surface area contributed by atoms with Crippen LogP contribution in [0.4, 0.5) is 5.69 Å². The molecule has 0 spiro atoms. The van der Waals surface area contributed by atoms with Crippen molar-refractivity contribution in [3.05, 3.63) is 65.5 Å². The number of pyridine rings is 1. The zero-order valence-corrected chi connectivity index (χ0v) is 20.1. The van der Waals surface area contributed by atoms with E-state index < -0.39 is 0 Å². The number of benzene rings is 1. The molecule has 0 saturated carbocycles. The fourth-order valence-corrected chi connectivity index (χ4v) is 5.02. The summed E-state index contributed by atoms with van der Waals surface area (Å²) < 4.78 is 4.86. The number of ether oxygens (including phenoxy) is 1. The number of carbonyl (C=O) groups is 1. The summed E-state index contributed by atoms with van der Waals surface area (Å²) in [5.41, 5.74) is 5.70. The standard InChI is InChI=1S/C25H30N4O2S/c1-16-15-25(2,3)28(4)20-10-9-17(14-18(16)20)23-22(19-8-6-7-12-26-19)27-24(32)29(23)13-11-21(30)31-5/h6-10,12,14-15,22-23H,11,13H2,1-5H3,(H,27,32)/t22-,23+/m1/s1. The number of nitrogens with zero attached hydrogens (tertiary/aromatic N) is 3. The van der Waals surface area contributed by atoms with Gasteiger partial charge < -0.3 is 19.9 Å². The van der Waals surface area contributed by atoms with Crippen molar-refractivity contribution in [2.24, 2.45) is 0 Å². The molecule has 0 radical (unpaired) electrons. The number of thiocarbonyl (C=S) groups is 1. The van der Waals surface area contributed by atoms with Crippen molar-refractivity contribution in [2.75, 3.05) is 25.6 Å². The molecule has 4 rings (SSSR count). The van der Waals surface area contributed by atoms with Crippen molar-refractivity contribution < 1.29 is 9.53 Å². The number of nitrogens with one attached hydrogen (secondary N) is 1. The first kappa shape index (κ1) is 22.3. The summed E-state index contributed by atoms with van der Waals surface area (Å²) in [5.74, 6) is -0.249. The molecule has 1 fully saturated rings. The van der Waals surface area contributed by atoms with E-state index in [1.54, 1.807) is 6.20 Å². The number of carbonyl (C=O) groups excluding carboxylic acids is 1. The maximum Gasteiger partial charge on any atom is 0.307 e. The second kappa shape index (κ2) is 8.54. The SMILES string of the molecule is COC(=O)CCN1C(=S)N[C@H](c2ccccn2)[C@@H]1c1ccc2c(c1)C(C)=CC(C)(C)N2C. The summed E-state index contributed by atoms with van der Waals surface area (Å²) in [6.45, 7) is 7.09. The van der Waals surface area contributed by atoms with Crippen LogP contribution < -0.4 is 10.2 Å². The Hall–Kier alpha value is -2.93. The van der Waals surface area contributed by atoms with Gasteiger partial charge in [0.25, 0.3) is 0 Å². The summed E-state index contributed by atoms with van der Waals surface area (Å²) in [5, 5.41) is 4.06. The van der Waals surface area contributed by atoms with Crippen LogP contribution in [0.25, 0.3) is 5.57 Å². The predicted octanol–water partition coefficient (Wildman–Crippen LogP) is 4.25. The van der Waals surface area contributed by atoms with Crippen LogP contribution in [-0.2, 0) is 9.53 Å². The normalized spacial score (nSPS) is 21.7. The Balaban J connectivity index is 1.77. The van der Waals surface area contributed by atoms with Crippen LogP contribution in [0.5, 0.6) is 0 Å². The molecule has 3 heterocycles. The number of allylic oxidation sites excluding steroid dienone is 1. The molecular formula is C25H30N4O2S. The second-order valence-electron chi connectivity index (χ2n) is 8.96. The first-order valence-electron chi connectivity index (χ1n) is 10.9. The lowest BCUT2D eigenvalue weighted by atomic mass is 9.86. The van der Waals surface area contributed by atoms with Crippen molar-refractivity contribution >= 4 is 34.6 Å². The number of hydrogen-bond acceptors (Lipinski definition) is 5. The van der Waals surface area contributed by atoms with E-state index >= 15 is 0 Å². The molecule has 6 nitrogen and oxygen atoms in total. The maximum absolute atomic E-state index is 11.9. The minimum absolute atomic E-state index is 0.0435. The Morgan fingerprint density at radius 3 is 2.75 bits per heavy atom. The first-order valence-corrected chi connectivity index (χ1v) is 11.3. The quantitative estimate of drug-likeness (QED) is 0.540. The van der Waals surface area contributed by atoms with E-state index in [-0.39, 0.29) is 30.0 Å². The van der Waals surface area contributed by atoms with Crippen molar-refractivity contribution in [1.29, 1.82) is 0 Å². The smallest absolute Gasteiger partial charge is 0.307 e. The average Bonchev–Trinajstić information content (AvgIpc) is 3.12. The van der Waals surface area contributed by atoms with E-state index in [1.807, 2.05) is 18.2 Å². The zero-order chi connectivity index (χ0) is 23.0. The third-order valence-corrected chi connectivity index (χ3v) is 6.92. The molecule has 2 aliphatic heterocycles. The molecular weight excluding hydrogens is 420 g/mol. The molecule has 7 heteroatoms. The van der Waals surface area contributed by atoms with Gasteiger partial charge in [-0.25, -0.2) is 0 Å². The lowest BCUT2D eigenvalue weighted by Crippen LogP contribution is -2.42. The average molecular weight is 451 g/mol. The van der Waals surface area contributed by atoms with Gasteiger partial charge in [-0.15, -0.1) is 0 Å². The van der Waals surface area contributed by atoms with Gasteiger partial charge in [0.05, 0.1) is 36.8 Å². The van der Waals surface area contributed by atoms with Crippen molar-refractivity contribution in [3.8, 4) is 0 Å². The summed E-state index contributed by atoms with van der Waals surface area (Å²) in [4.78, 5) is 20.8. The fraction of sp³-hybridized carbons (Fsp3) is 0.400. The van der Waals surface area contributed by atoms with Gasteiger partial charge in [-0.3, -0.25) is 9.78 Å². The Bertz CT molecular complexity index is 1070. The third kappa shape index (κ3) is 3.97. The van der Waals surface area contributed by atoms with Crippen LogP contribution in [0.15, 0.2) is 48.7 Å². The molecule has 1 aromatic carbocycles. The number of esters is 1. The summed E-state index contributed by atoms with van der Waals surface area (Å²) >= 11 is 5.69. The molecule has 2 aliphatic rings. The van der Waals surface area contributed by atoms with Gasteiger partial charge in [0.15, 0.2) is 5.11 Å². The van der Waals surface area contributed by atoms with Gasteiger partial charge in [-0.1, -0.05) is 18.2 Å². The van der Waals surface area contributed by atoms with E-state index in [0.717, 1.165) is 11.3 Å². The number of aromatic nitrogens is 1. The predicted molar refractivity (Wildman–Crippen MR) is 131 cm³/mol. The molecule has 0 aliphatic carbocycles. The molecule has 0 amide bonds. The summed E-state index contributed by atoms with van der Waals surface area (Å²) in [7, 11) is 3.54. The van der Waals surface area contributed by atoms with Gasteiger partial charge in [0, 0.05) is 31.0 Å². The van der Waals surface area contributed by atoms with E-state index in [1.165, 1.54) is 23.9 Å². The number of fused-ring (bicyclic) bond motifs is 1. The maximum atomic E-state index is 11.9. The van der Waals surface area contributed by atoms with Crippen molar-refractivity contribution in [2.45, 2.75) is 44.8 Å². The van der Waals surface area contributed by atoms with Crippen molar-refractivity contribution in [3.63, 3.8) is 0 Å². The van der Waals surface area contributed by atoms with Crippen LogP contribution in [0, 0.1) is 0 Å². The first-order chi connectivity index (χ1) is 15.2. The van der Waals surface area contributed by atoms with E-state index in [9.17, 15) is 4.79 Å². The third-order valence-electron chi connectivity index (χ3n) is 6.56. The number of likely N-dealkylation sites (N-methyl/N-ethyl adjacent to an activating group) is 1. The van der Waals surface area contributed by atoms with Gasteiger partial charge in [0.2, 0.25) is 0 Å². The molecule has 1 saturated heterocycles. The molecule has 0 unspecified atom stereocenters. The Labute approximate surface area is 195 Å². The van der Waals surface area contributed by atoms with Gasteiger partial charge >= 0.3 is 5.97 Å². The lowest BCUT2D eigenvalue weighted by Gasteiger charge is -2.41. The Morgan fingerprint density at radius 1 is 1.28 bits per heavy atom. The van der Waals surface area contributed by atoms with Crippen LogP contribution >= 0.6 is 12.2 Å². The summed E-state index contributed by atoms with van der Waals surface area (Å²) in [6.07, 6.45) is 4.37. The Morgan fingerprint density at radius 2 is 2.06 bits per heavy atom. The van der Waals surface area contributed by atoms with E-state index in [2.05, 4.69) is 72.2 Å². The number of anilines is 1. The zero-order valence-electron chi connectivity index (χ0n) is 19.3. The molecule has 2 atom stereocenters. The molecule has 1 aromatic heterocycles. The molecule has 1 N–H and O–H groups in total. The highest BCUT2D eigenvalue weighted by Crippen LogP contribution is 2.43. The highest BCUT2D eigenvalue weighted by molar-refractivity contribution is 7.80. The molecule has 168 valence electrons. The Kier molecular flexibility index (Phi) is 5.95. The van der Waals surface area contributed by atoms with Gasteiger partial charge in [-0.2, -0.15) is 0 Å². The molecule has 2 aromatic rings. The number of rotatable bonds is 5. The van der Waals surface area contributed by atoms with E-state index in [0.29, 0.717) is 11.7 Å². The van der Waals surface area contributed by atoms with Crippen LogP contribution in [0.1, 0.15) is 56.1 Å². The number of methoxy groups -OCH3 is 1. The lowest BCUT2D eigenvalue weighted by molar-refractivity contribution is -0.140.